The molecule has 3 aliphatic rings. The van der Waals surface area contributed by atoms with Gasteiger partial charge >= 0.3 is 0 Å². The molecule has 1 saturated carbocycles. The van der Waals surface area contributed by atoms with E-state index in [0.29, 0.717) is 5.88 Å². The average molecular weight is 332 g/mol. The predicted octanol–water partition coefficient (Wildman–Crippen LogP) is 1.67. The number of fused-ring (bicyclic) bond motifs is 1. The van der Waals surface area contributed by atoms with Crippen LogP contribution >= 0.6 is 0 Å². The predicted molar refractivity (Wildman–Crippen MR) is 92.4 cm³/mol. The van der Waals surface area contributed by atoms with Crippen LogP contribution in [0, 0.1) is 17.8 Å². The molecular formula is C18H28N4O2. The summed E-state index contributed by atoms with van der Waals surface area (Å²) in [7, 11) is 1.66. The normalized spacial score (nSPS) is 31.0. The second kappa shape index (κ2) is 7.23. The third kappa shape index (κ3) is 3.35. The van der Waals surface area contributed by atoms with E-state index < -0.39 is 0 Å². The van der Waals surface area contributed by atoms with Gasteiger partial charge in [-0.15, -0.1) is 0 Å². The first-order valence-electron chi connectivity index (χ1n) is 9.24. The molecule has 0 aromatic carbocycles. The maximum Gasteiger partial charge on any atom is 0.218 e. The third-order valence-corrected chi connectivity index (χ3v) is 6.00. The summed E-state index contributed by atoms with van der Waals surface area (Å²) < 4.78 is 10.8. The van der Waals surface area contributed by atoms with E-state index in [1.165, 1.54) is 25.8 Å². The van der Waals surface area contributed by atoms with Crippen LogP contribution in [0.25, 0.3) is 0 Å². The molecule has 24 heavy (non-hydrogen) atoms. The molecule has 6 heteroatoms. The topological polar surface area (TPSA) is 50.7 Å². The second-order valence-electron chi connectivity index (χ2n) is 7.35. The van der Waals surface area contributed by atoms with Gasteiger partial charge in [0.25, 0.3) is 0 Å². The van der Waals surface area contributed by atoms with Crippen molar-refractivity contribution in [3.8, 4) is 5.88 Å². The Balaban J connectivity index is 1.43. The molecule has 3 heterocycles. The quantitative estimate of drug-likeness (QED) is 0.836. The van der Waals surface area contributed by atoms with Crippen molar-refractivity contribution in [2.75, 3.05) is 57.9 Å². The van der Waals surface area contributed by atoms with Gasteiger partial charge in [-0.05, 0) is 30.6 Å². The zero-order valence-electron chi connectivity index (χ0n) is 14.6. The Morgan fingerprint density at radius 1 is 1.21 bits per heavy atom. The fourth-order valence-electron chi connectivity index (χ4n) is 4.74. The third-order valence-electron chi connectivity index (χ3n) is 6.00. The minimum Gasteiger partial charge on any atom is -0.481 e. The number of nitrogens with zero attached hydrogens (tertiary/aromatic N) is 4. The molecule has 0 bridgehead atoms. The molecule has 1 aromatic heterocycles. The largest absolute Gasteiger partial charge is 0.481 e. The van der Waals surface area contributed by atoms with Crippen molar-refractivity contribution in [3.63, 3.8) is 0 Å². The molecule has 3 atom stereocenters. The molecule has 0 amide bonds. The molecule has 0 spiro atoms. The van der Waals surface area contributed by atoms with Crippen molar-refractivity contribution < 1.29 is 9.47 Å². The minimum absolute atomic E-state index is 0.653. The average Bonchev–Trinajstić information content (AvgIpc) is 3.08. The second-order valence-corrected chi connectivity index (χ2v) is 7.35. The van der Waals surface area contributed by atoms with Crippen LogP contribution in [0.1, 0.15) is 19.3 Å². The van der Waals surface area contributed by atoms with Gasteiger partial charge in [0.05, 0.1) is 20.3 Å². The summed E-state index contributed by atoms with van der Waals surface area (Å²) in [5.74, 6) is 4.09. The molecule has 0 radical (unpaired) electrons. The van der Waals surface area contributed by atoms with Crippen LogP contribution < -0.4 is 9.64 Å². The zero-order valence-corrected chi connectivity index (χ0v) is 14.6. The Hall–Kier alpha value is -1.40. The van der Waals surface area contributed by atoms with Crippen molar-refractivity contribution in [3.05, 3.63) is 12.4 Å². The molecular weight excluding hydrogens is 304 g/mol. The van der Waals surface area contributed by atoms with Gasteiger partial charge in [-0.2, -0.15) is 0 Å². The van der Waals surface area contributed by atoms with E-state index in [1.807, 2.05) is 6.07 Å². The van der Waals surface area contributed by atoms with Gasteiger partial charge in [-0.25, -0.2) is 9.97 Å². The van der Waals surface area contributed by atoms with Crippen LogP contribution in [0.5, 0.6) is 5.88 Å². The first kappa shape index (κ1) is 16.1. The Labute approximate surface area is 144 Å². The molecule has 3 fully saturated rings. The standard InChI is InChI=1S/C18H28N4O2/c1-23-18-9-17(19-13-20-18)22-11-15-4-2-3-14(16(15)12-22)10-21-5-7-24-8-6-21/h9,13-16H,2-8,10-12H2,1H3/t14-,15+,16+/m0/s1. The maximum atomic E-state index is 5.50. The maximum absolute atomic E-state index is 5.50. The SMILES string of the molecule is COc1cc(N2C[C@H]3CCC[C@@H](CN4CCOCC4)[C@H]3C2)ncn1. The highest BCUT2D eigenvalue weighted by atomic mass is 16.5. The lowest BCUT2D eigenvalue weighted by Gasteiger charge is -2.37. The van der Waals surface area contributed by atoms with Crippen molar-refractivity contribution in [1.82, 2.24) is 14.9 Å². The summed E-state index contributed by atoms with van der Waals surface area (Å²) in [5.41, 5.74) is 0. The Morgan fingerprint density at radius 2 is 2.08 bits per heavy atom. The molecule has 2 saturated heterocycles. The molecule has 1 aromatic rings. The van der Waals surface area contributed by atoms with E-state index in [2.05, 4.69) is 19.8 Å². The van der Waals surface area contributed by atoms with Gasteiger partial charge in [0, 0.05) is 38.8 Å². The van der Waals surface area contributed by atoms with Crippen LogP contribution in [-0.4, -0.2) is 67.9 Å². The highest BCUT2D eigenvalue weighted by Gasteiger charge is 2.41. The summed E-state index contributed by atoms with van der Waals surface area (Å²) in [6.07, 6.45) is 5.72. The highest BCUT2D eigenvalue weighted by Crippen LogP contribution is 2.41. The van der Waals surface area contributed by atoms with Crippen molar-refractivity contribution >= 4 is 5.82 Å². The molecule has 132 valence electrons. The summed E-state index contributed by atoms with van der Waals surface area (Å²) >= 11 is 0. The molecule has 4 rings (SSSR count). The van der Waals surface area contributed by atoms with Crippen LogP contribution in [-0.2, 0) is 4.74 Å². The lowest BCUT2D eigenvalue weighted by molar-refractivity contribution is 0.0195. The molecule has 2 aliphatic heterocycles. The van der Waals surface area contributed by atoms with E-state index in [1.54, 1.807) is 13.4 Å². The summed E-state index contributed by atoms with van der Waals surface area (Å²) in [6, 6.07) is 1.97. The van der Waals surface area contributed by atoms with E-state index in [0.717, 1.165) is 63.0 Å². The van der Waals surface area contributed by atoms with Crippen LogP contribution in [0.2, 0.25) is 0 Å². The fraction of sp³-hybridized carbons (Fsp3) is 0.778. The van der Waals surface area contributed by atoms with Gasteiger partial charge in [-0.3, -0.25) is 4.90 Å². The van der Waals surface area contributed by atoms with E-state index >= 15 is 0 Å². The zero-order chi connectivity index (χ0) is 16.4. The first-order chi connectivity index (χ1) is 11.8. The Morgan fingerprint density at radius 3 is 2.92 bits per heavy atom. The number of hydrogen-bond donors (Lipinski definition) is 0. The van der Waals surface area contributed by atoms with Gasteiger partial charge in [-0.1, -0.05) is 6.42 Å². The summed E-state index contributed by atoms with van der Waals surface area (Å²) in [4.78, 5) is 13.7. The van der Waals surface area contributed by atoms with Gasteiger partial charge < -0.3 is 14.4 Å². The van der Waals surface area contributed by atoms with Crippen LogP contribution in [0.15, 0.2) is 12.4 Å². The number of ether oxygens (including phenoxy) is 2. The summed E-state index contributed by atoms with van der Waals surface area (Å²) in [5, 5.41) is 0. The molecule has 6 nitrogen and oxygen atoms in total. The molecule has 0 N–H and O–H groups in total. The van der Waals surface area contributed by atoms with Crippen molar-refractivity contribution in [2.24, 2.45) is 17.8 Å². The van der Waals surface area contributed by atoms with Crippen molar-refractivity contribution in [1.29, 1.82) is 0 Å². The smallest absolute Gasteiger partial charge is 0.218 e. The van der Waals surface area contributed by atoms with E-state index in [4.69, 9.17) is 9.47 Å². The lowest BCUT2D eigenvalue weighted by atomic mass is 9.73. The first-order valence-corrected chi connectivity index (χ1v) is 9.24. The van der Waals surface area contributed by atoms with Crippen LogP contribution in [0.3, 0.4) is 0 Å². The number of methoxy groups -OCH3 is 1. The van der Waals surface area contributed by atoms with Gasteiger partial charge in [0.2, 0.25) is 5.88 Å². The summed E-state index contributed by atoms with van der Waals surface area (Å²) in [6.45, 7) is 7.48. The highest BCUT2D eigenvalue weighted by molar-refractivity contribution is 5.42. The molecule has 1 aliphatic carbocycles. The number of morpholine rings is 1. The van der Waals surface area contributed by atoms with Crippen molar-refractivity contribution in [2.45, 2.75) is 19.3 Å². The van der Waals surface area contributed by atoms with Crippen LogP contribution in [0.4, 0.5) is 5.82 Å². The Bertz CT molecular complexity index is 550. The number of hydrogen-bond acceptors (Lipinski definition) is 6. The lowest BCUT2D eigenvalue weighted by Crippen LogP contribution is -2.43. The number of aromatic nitrogens is 2. The van der Waals surface area contributed by atoms with E-state index in [9.17, 15) is 0 Å². The number of anilines is 1. The molecule has 0 unspecified atom stereocenters. The monoisotopic (exact) mass is 332 g/mol. The number of rotatable bonds is 4. The van der Waals surface area contributed by atoms with Gasteiger partial charge in [0.1, 0.15) is 12.1 Å². The Kier molecular flexibility index (Phi) is 4.85. The minimum atomic E-state index is 0.653. The van der Waals surface area contributed by atoms with Gasteiger partial charge in [0.15, 0.2) is 0 Å². The van der Waals surface area contributed by atoms with E-state index in [-0.39, 0.29) is 0 Å². The fourth-order valence-corrected chi connectivity index (χ4v) is 4.74.